The van der Waals surface area contributed by atoms with Gasteiger partial charge in [-0.15, -0.1) is 0 Å². The SMILES string of the molecule is CCC1c2c(cccc2C(=O)O)OC1(C)C. The van der Waals surface area contributed by atoms with Crippen LogP contribution in [0, 0.1) is 0 Å². The monoisotopic (exact) mass is 220 g/mol. The Bertz CT molecular complexity index is 435. The van der Waals surface area contributed by atoms with E-state index in [1.54, 1.807) is 12.1 Å². The topological polar surface area (TPSA) is 46.5 Å². The van der Waals surface area contributed by atoms with Gasteiger partial charge in [0.25, 0.3) is 0 Å². The first-order chi connectivity index (χ1) is 7.47. The van der Waals surface area contributed by atoms with Crippen LogP contribution in [0.2, 0.25) is 0 Å². The lowest BCUT2D eigenvalue weighted by molar-refractivity contribution is 0.0694. The third-order valence-corrected chi connectivity index (χ3v) is 3.27. The predicted molar refractivity (Wildman–Crippen MR) is 61.1 cm³/mol. The van der Waals surface area contributed by atoms with E-state index in [1.807, 2.05) is 19.9 Å². The van der Waals surface area contributed by atoms with Crippen LogP contribution in [0.15, 0.2) is 18.2 Å². The average molecular weight is 220 g/mol. The Morgan fingerprint density at radius 3 is 2.75 bits per heavy atom. The standard InChI is InChI=1S/C13H16O3/c1-4-9-11-8(12(14)15)6-5-7-10(11)16-13(9,2)3/h5-7,9H,4H2,1-3H3,(H,14,15). The lowest BCUT2D eigenvalue weighted by atomic mass is 9.83. The predicted octanol–water partition coefficient (Wildman–Crippen LogP) is 3.05. The highest BCUT2D eigenvalue weighted by atomic mass is 16.5. The van der Waals surface area contributed by atoms with E-state index in [2.05, 4.69) is 6.92 Å². The van der Waals surface area contributed by atoms with Gasteiger partial charge in [0.15, 0.2) is 0 Å². The van der Waals surface area contributed by atoms with Crippen molar-refractivity contribution in [2.24, 2.45) is 0 Å². The van der Waals surface area contributed by atoms with E-state index in [-0.39, 0.29) is 11.5 Å². The van der Waals surface area contributed by atoms with Gasteiger partial charge in [-0.1, -0.05) is 13.0 Å². The van der Waals surface area contributed by atoms with E-state index in [1.165, 1.54) is 0 Å². The third-order valence-electron chi connectivity index (χ3n) is 3.27. The molecule has 16 heavy (non-hydrogen) atoms. The number of carbonyl (C=O) groups is 1. The number of benzene rings is 1. The molecule has 1 aromatic rings. The fourth-order valence-corrected chi connectivity index (χ4v) is 2.58. The first-order valence-corrected chi connectivity index (χ1v) is 5.52. The number of ether oxygens (including phenoxy) is 1. The molecule has 0 radical (unpaired) electrons. The molecule has 1 aromatic carbocycles. The largest absolute Gasteiger partial charge is 0.487 e. The second-order valence-corrected chi connectivity index (χ2v) is 4.69. The lowest BCUT2D eigenvalue weighted by Gasteiger charge is -2.25. The highest BCUT2D eigenvalue weighted by Crippen LogP contribution is 2.47. The summed E-state index contributed by atoms with van der Waals surface area (Å²) in [5, 5.41) is 9.18. The first-order valence-electron chi connectivity index (χ1n) is 5.52. The molecule has 0 fully saturated rings. The molecule has 0 saturated carbocycles. The molecular weight excluding hydrogens is 204 g/mol. The zero-order valence-corrected chi connectivity index (χ0v) is 9.78. The molecule has 3 heteroatoms. The fourth-order valence-electron chi connectivity index (χ4n) is 2.58. The van der Waals surface area contributed by atoms with Crippen molar-refractivity contribution in [3.05, 3.63) is 29.3 Å². The summed E-state index contributed by atoms with van der Waals surface area (Å²) in [7, 11) is 0. The first kappa shape index (κ1) is 11.0. The van der Waals surface area contributed by atoms with Gasteiger partial charge in [0.1, 0.15) is 11.4 Å². The number of aromatic carboxylic acids is 1. The molecule has 1 N–H and O–H groups in total. The number of carboxylic acid groups (broad SMARTS) is 1. The van der Waals surface area contributed by atoms with E-state index in [0.29, 0.717) is 5.56 Å². The van der Waals surface area contributed by atoms with Crippen LogP contribution >= 0.6 is 0 Å². The van der Waals surface area contributed by atoms with Crippen molar-refractivity contribution < 1.29 is 14.6 Å². The molecule has 1 heterocycles. The third kappa shape index (κ3) is 1.47. The second-order valence-electron chi connectivity index (χ2n) is 4.69. The fraction of sp³-hybridized carbons (Fsp3) is 0.462. The van der Waals surface area contributed by atoms with Gasteiger partial charge in [0.05, 0.1) is 5.56 Å². The molecule has 1 atom stereocenters. The van der Waals surface area contributed by atoms with Crippen LogP contribution in [0.3, 0.4) is 0 Å². The van der Waals surface area contributed by atoms with Crippen LogP contribution in [0.25, 0.3) is 0 Å². The van der Waals surface area contributed by atoms with Gasteiger partial charge in [0.2, 0.25) is 0 Å². The van der Waals surface area contributed by atoms with Gasteiger partial charge in [-0.2, -0.15) is 0 Å². The van der Waals surface area contributed by atoms with E-state index < -0.39 is 5.97 Å². The van der Waals surface area contributed by atoms with Gasteiger partial charge in [-0.25, -0.2) is 4.79 Å². The molecule has 2 rings (SSSR count). The molecule has 0 saturated heterocycles. The Kier molecular flexibility index (Phi) is 2.41. The molecule has 1 unspecified atom stereocenters. The lowest BCUT2D eigenvalue weighted by Crippen LogP contribution is -2.30. The molecule has 0 bridgehead atoms. The van der Waals surface area contributed by atoms with E-state index in [0.717, 1.165) is 17.7 Å². The zero-order valence-electron chi connectivity index (χ0n) is 9.78. The highest BCUT2D eigenvalue weighted by Gasteiger charge is 2.42. The van der Waals surface area contributed by atoms with Gasteiger partial charge in [-0.05, 0) is 32.4 Å². The molecule has 0 aliphatic carbocycles. The Morgan fingerprint density at radius 1 is 1.50 bits per heavy atom. The summed E-state index contributed by atoms with van der Waals surface area (Å²) in [6.45, 7) is 6.07. The molecule has 86 valence electrons. The van der Waals surface area contributed by atoms with Gasteiger partial charge >= 0.3 is 5.97 Å². The van der Waals surface area contributed by atoms with Crippen molar-refractivity contribution in [3.8, 4) is 5.75 Å². The van der Waals surface area contributed by atoms with Crippen molar-refractivity contribution in [3.63, 3.8) is 0 Å². The van der Waals surface area contributed by atoms with Crippen molar-refractivity contribution in [2.45, 2.75) is 38.7 Å². The molecule has 0 aromatic heterocycles. The molecular formula is C13H16O3. The van der Waals surface area contributed by atoms with Crippen LogP contribution in [-0.2, 0) is 0 Å². The molecule has 1 aliphatic rings. The van der Waals surface area contributed by atoms with E-state index in [9.17, 15) is 9.90 Å². The number of carboxylic acids is 1. The molecule has 3 nitrogen and oxygen atoms in total. The second kappa shape index (κ2) is 3.51. The number of fused-ring (bicyclic) bond motifs is 1. The summed E-state index contributed by atoms with van der Waals surface area (Å²) in [4.78, 5) is 11.2. The number of hydrogen-bond donors (Lipinski definition) is 1. The zero-order chi connectivity index (χ0) is 11.9. The van der Waals surface area contributed by atoms with Crippen molar-refractivity contribution in [2.75, 3.05) is 0 Å². The van der Waals surface area contributed by atoms with Crippen LogP contribution in [-0.4, -0.2) is 16.7 Å². The van der Waals surface area contributed by atoms with Crippen LogP contribution in [0.1, 0.15) is 49.0 Å². The molecule has 0 spiro atoms. The molecule has 0 amide bonds. The summed E-state index contributed by atoms with van der Waals surface area (Å²) in [6, 6.07) is 5.23. The Balaban J connectivity index is 2.60. The Hall–Kier alpha value is -1.51. The minimum Gasteiger partial charge on any atom is -0.487 e. The van der Waals surface area contributed by atoms with Crippen molar-refractivity contribution >= 4 is 5.97 Å². The van der Waals surface area contributed by atoms with Gasteiger partial charge < -0.3 is 9.84 Å². The minimum atomic E-state index is -0.878. The summed E-state index contributed by atoms with van der Waals surface area (Å²) in [5.74, 6) is -0.0110. The quantitative estimate of drug-likeness (QED) is 0.833. The van der Waals surface area contributed by atoms with Crippen LogP contribution in [0.4, 0.5) is 0 Å². The van der Waals surface area contributed by atoms with Gasteiger partial charge in [0, 0.05) is 11.5 Å². The summed E-state index contributed by atoms with van der Waals surface area (Å²) in [6.07, 6.45) is 0.879. The van der Waals surface area contributed by atoms with E-state index >= 15 is 0 Å². The maximum atomic E-state index is 11.2. The minimum absolute atomic E-state index is 0.148. The number of hydrogen-bond acceptors (Lipinski definition) is 2. The Labute approximate surface area is 95.0 Å². The maximum absolute atomic E-state index is 11.2. The van der Waals surface area contributed by atoms with Crippen LogP contribution < -0.4 is 4.74 Å². The maximum Gasteiger partial charge on any atom is 0.336 e. The smallest absolute Gasteiger partial charge is 0.336 e. The average Bonchev–Trinajstić information content (AvgIpc) is 2.46. The van der Waals surface area contributed by atoms with Crippen molar-refractivity contribution in [1.82, 2.24) is 0 Å². The van der Waals surface area contributed by atoms with Gasteiger partial charge in [-0.3, -0.25) is 0 Å². The molecule has 1 aliphatic heterocycles. The van der Waals surface area contributed by atoms with Crippen molar-refractivity contribution in [1.29, 1.82) is 0 Å². The van der Waals surface area contributed by atoms with Crippen LogP contribution in [0.5, 0.6) is 5.75 Å². The highest BCUT2D eigenvalue weighted by molar-refractivity contribution is 5.91. The van der Waals surface area contributed by atoms with E-state index in [4.69, 9.17) is 4.74 Å². The normalized spacial score (nSPS) is 21.3. The summed E-state index contributed by atoms with van der Waals surface area (Å²) < 4.78 is 5.83. The summed E-state index contributed by atoms with van der Waals surface area (Å²) in [5.41, 5.74) is 0.903. The number of rotatable bonds is 2. The summed E-state index contributed by atoms with van der Waals surface area (Å²) >= 11 is 0. The Morgan fingerprint density at radius 2 is 2.19 bits per heavy atom.